The molecule has 3 aromatic rings. The molecule has 1 heterocycles. The van der Waals surface area contributed by atoms with E-state index in [1.807, 2.05) is 37.3 Å². The number of carbonyl (C=O) groups is 1. The summed E-state index contributed by atoms with van der Waals surface area (Å²) in [5.41, 5.74) is 5.53. The lowest BCUT2D eigenvalue weighted by Crippen LogP contribution is -2.52. The van der Waals surface area contributed by atoms with Gasteiger partial charge in [0.15, 0.2) is 0 Å². The van der Waals surface area contributed by atoms with Crippen LogP contribution in [0.15, 0.2) is 77.7 Å². The highest BCUT2D eigenvalue weighted by Crippen LogP contribution is 2.24. The van der Waals surface area contributed by atoms with E-state index in [2.05, 4.69) is 36.9 Å². The molecule has 0 saturated carbocycles. The van der Waals surface area contributed by atoms with Gasteiger partial charge in [-0.1, -0.05) is 60.2 Å². The van der Waals surface area contributed by atoms with Crippen LogP contribution >= 0.6 is 0 Å². The Balaban J connectivity index is 1.49. The smallest absolute Gasteiger partial charge is 0.243 e. The van der Waals surface area contributed by atoms with Crippen LogP contribution in [-0.2, 0) is 21.4 Å². The Morgan fingerprint density at radius 1 is 0.829 bits per heavy atom. The van der Waals surface area contributed by atoms with Gasteiger partial charge >= 0.3 is 0 Å². The monoisotopic (exact) mass is 491 g/mol. The van der Waals surface area contributed by atoms with Gasteiger partial charge in [-0.3, -0.25) is 4.79 Å². The predicted octanol–water partition coefficient (Wildman–Crippen LogP) is 4.15. The van der Waals surface area contributed by atoms with Crippen molar-refractivity contribution < 1.29 is 13.2 Å². The van der Waals surface area contributed by atoms with Crippen LogP contribution in [0, 0.1) is 20.8 Å². The van der Waals surface area contributed by atoms with Crippen molar-refractivity contribution in [3.8, 4) is 0 Å². The Kier molecular flexibility index (Phi) is 7.57. The average molecular weight is 492 g/mol. The average Bonchev–Trinajstić information content (AvgIpc) is 2.86. The fourth-order valence-corrected chi connectivity index (χ4v) is 5.78. The first-order valence-corrected chi connectivity index (χ1v) is 13.4. The van der Waals surface area contributed by atoms with E-state index in [-0.39, 0.29) is 23.9 Å². The molecule has 1 amide bonds. The lowest BCUT2D eigenvalue weighted by molar-refractivity contribution is -0.131. The minimum Gasteiger partial charge on any atom is -0.368 e. The van der Waals surface area contributed by atoms with E-state index in [4.69, 9.17) is 0 Å². The van der Waals surface area contributed by atoms with Gasteiger partial charge in [0.1, 0.15) is 0 Å². The van der Waals surface area contributed by atoms with E-state index >= 15 is 0 Å². The van der Waals surface area contributed by atoms with Crippen LogP contribution in [0.5, 0.6) is 0 Å². The third kappa shape index (κ3) is 5.74. The van der Waals surface area contributed by atoms with Gasteiger partial charge in [0.05, 0.1) is 11.4 Å². The molecule has 1 aliphatic rings. The summed E-state index contributed by atoms with van der Waals surface area (Å²) in [6.07, 6.45) is 0. The maximum atomic E-state index is 13.5. The minimum absolute atomic E-state index is 0.144. The quantitative estimate of drug-likeness (QED) is 0.498. The van der Waals surface area contributed by atoms with Crippen molar-refractivity contribution in [1.82, 2.24) is 9.21 Å². The number of carbonyl (C=O) groups excluding carboxylic acids is 1. The number of piperazine rings is 1. The Labute approximate surface area is 208 Å². The number of hydrogen-bond acceptors (Lipinski definition) is 4. The molecule has 0 aliphatic carbocycles. The Morgan fingerprint density at radius 3 is 2.14 bits per heavy atom. The molecule has 0 bridgehead atoms. The molecule has 0 N–H and O–H groups in total. The summed E-state index contributed by atoms with van der Waals surface area (Å²) >= 11 is 0. The number of nitrogens with zero attached hydrogens (tertiary/aromatic N) is 3. The summed E-state index contributed by atoms with van der Waals surface area (Å²) in [6, 6.07) is 22.5. The van der Waals surface area contributed by atoms with Crippen molar-refractivity contribution in [3.05, 3.63) is 95.1 Å². The molecule has 1 saturated heterocycles. The van der Waals surface area contributed by atoms with Crippen LogP contribution in [0.3, 0.4) is 0 Å². The highest BCUT2D eigenvalue weighted by Gasteiger charge is 2.30. The molecule has 35 heavy (non-hydrogen) atoms. The van der Waals surface area contributed by atoms with Crippen LogP contribution in [0.1, 0.15) is 22.3 Å². The standard InChI is InChI=1S/C28H33N3O3S/c1-22-12-14-26(15-13-22)35(33,34)31(20-25-9-5-4-6-10-25)21-28(32)30-18-16-29(17-19-30)27-11-7-8-23(2)24(27)3/h4-15H,16-21H2,1-3H3. The van der Waals surface area contributed by atoms with Gasteiger partial charge in [0.25, 0.3) is 0 Å². The maximum absolute atomic E-state index is 13.5. The van der Waals surface area contributed by atoms with Crippen molar-refractivity contribution in [3.63, 3.8) is 0 Å². The number of hydrogen-bond donors (Lipinski definition) is 0. The highest BCUT2D eigenvalue weighted by molar-refractivity contribution is 7.89. The molecule has 6 nitrogen and oxygen atoms in total. The zero-order valence-corrected chi connectivity index (χ0v) is 21.5. The van der Waals surface area contributed by atoms with Gasteiger partial charge in [-0.2, -0.15) is 4.31 Å². The molecule has 0 unspecified atom stereocenters. The number of aryl methyl sites for hydroxylation is 2. The molecular weight excluding hydrogens is 458 g/mol. The van der Waals surface area contributed by atoms with E-state index in [9.17, 15) is 13.2 Å². The van der Waals surface area contributed by atoms with Crippen LogP contribution in [0.25, 0.3) is 0 Å². The van der Waals surface area contributed by atoms with Crippen molar-refractivity contribution in [1.29, 1.82) is 0 Å². The molecule has 0 aromatic heterocycles. The first-order valence-electron chi connectivity index (χ1n) is 12.0. The van der Waals surface area contributed by atoms with Gasteiger partial charge in [-0.15, -0.1) is 0 Å². The number of benzene rings is 3. The lowest BCUT2D eigenvalue weighted by Gasteiger charge is -2.37. The van der Waals surface area contributed by atoms with Crippen LogP contribution in [0.2, 0.25) is 0 Å². The molecule has 1 aliphatic heterocycles. The second kappa shape index (κ2) is 10.6. The normalized spacial score (nSPS) is 14.4. The third-order valence-corrected chi connectivity index (χ3v) is 8.53. The fourth-order valence-electron chi connectivity index (χ4n) is 4.40. The maximum Gasteiger partial charge on any atom is 0.243 e. The van der Waals surface area contributed by atoms with Crippen LogP contribution < -0.4 is 4.90 Å². The van der Waals surface area contributed by atoms with E-state index in [1.165, 1.54) is 21.1 Å². The minimum atomic E-state index is -3.84. The molecule has 4 rings (SSSR count). The van der Waals surface area contributed by atoms with Gasteiger partial charge < -0.3 is 9.80 Å². The van der Waals surface area contributed by atoms with E-state index in [0.29, 0.717) is 13.1 Å². The van der Waals surface area contributed by atoms with Crippen molar-refractivity contribution >= 4 is 21.6 Å². The Morgan fingerprint density at radius 2 is 1.49 bits per heavy atom. The Hall–Kier alpha value is -3.16. The molecule has 0 radical (unpaired) electrons. The summed E-state index contributed by atoms with van der Waals surface area (Å²) in [7, 11) is -3.84. The molecular formula is C28H33N3O3S. The number of sulfonamides is 1. The first-order chi connectivity index (χ1) is 16.8. The predicted molar refractivity (Wildman–Crippen MR) is 140 cm³/mol. The van der Waals surface area contributed by atoms with E-state index in [0.717, 1.165) is 24.2 Å². The molecule has 184 valence electrons. The number of anilines is 1. The van der Waals surface area contributed by atoms with Crippen LogP contribution in [-0.4, -0.2) is 56.3 Å². The van der Waals surface area contributed by atoms with E-state index in [1.54, 1.807) is 29.2 Å². The van der Waals surface area contributed by atoms with Crippen LogP contribution in [0.4, 0.5) is 5.69 Å². The largest absolute Gasteiger partial charge is 0.368 e. The second-order valence-electron chi connectivity index (χ2n) is 9.16. The topological polar surface area (TPSA) is 60.9 Å². The van der Waals surface area contributed by atoms with Gasteiger partial charge in [-0.25, -0.2) is 8.42 Å². The van der Waals surface area contributed by atoms with Gasteiger partial charge in [0, 0.05) is 38.4 Å². The third-order valence-electron chi connectivity index (χ3n) is 6.72. The number of amides is 1. The van der Waals surface area contributed by atoms with Crippen molar-refractivity contribution in [2.75, 3.05) is 37.6 Å². The molecule has 3 aromatic carbocycles. The zero-order chi connectivity index (χ0) is 25.0. The van der Waals surface area contributed by atoms with Gasteiger partial charge in [0.2, 0.25) is 15.9 Å². The van der Waals surface area contributed by atoms with Gasteiger partial charge in [-0.05, 0) is 55.7 Å². The fraction of sp³-hybridized carbons (Fsp3) is 0.321. The molecule has 0 spiro atoms. The summed E-state index contributed by atoms with van der Waals surface area (Å²) in [6.45, 7) is 8.68. The first kappa shape index (κ1) is 24.9. The molecule has 0 atom stereocenters. The summed E-state index contributed by atoms with van der Waals surface area (Å²) < 4.78 is 28.3. The SMILES string of the molecule is Cc1ccc(S(=O)(=O)N(CC(=O)N2CCN(c3cccc(C)c3C)CC2)Cc2ccccc2)cc1. The summed E-state index contributed by atoms with van der Waals surface area (Å²) in [5.74, 6) is -0.169. The Bertz CT molecular complexity index is 1270. The lowest BCUT2D eigenvalue weighted by atomic mass is 10.1. The zero-order valence-electron chi connectivity index (χ0n) is 20.6. The van der Waals surface area contributed by atoms with Crippen molar-refractivity contribution in [2.45, 2.75) is 32.2 Å². The van der Waals surface area contributed by atoms with Crippen molar-refractivity contribution in [2.24, 2.45) is 0 Å². The summed E-state index contributed by atoms with van der Waals surface area (Å²) in [4.78, 5) is 17.6. The molecule has 1 fully saturated rings. The second-order valence-corrected chi connectivity index (χ2v) is 11.1. The van der Waals surface area contributed by atoms with E-state index < -0.39 is 10.0 Å². The molecule has 7 heteroatoms. The number of rotatable bonds is 7. The highest BCUT2D eigenvalue weighted by atomic mass is 32.2. The summed E-state index contributed by atoms with van der Waals surface area (Å²) in [5, 5.41) is 0.